The first kappa shape index (κ1) is 17.3. The van der Waals surface area contributed by atoms with Crippen LogP contribution in [0.3, 0.4) is 0 Å². The maximum Gasteiger partial charge on any atom is 0.229 e. The molecule has 26 heavy (non-hydrogen) atoms. The van der Waals surface area contributed by atoms with E-state index in [-0.39, 0.29) is 24.0 Å². The molecule has 2 heterocycles. The van der Waals surface area contributed by atoms with Crippen molar-refractivity contribution in [1.29, 1.82) is 0 Å². The summed E-state index contributed by atoms with van der Waals surface area (Å²) in [5.74, 6) is 0.0905. The van der Waals surface area contributed by atoms with Crippen LogP contribution < -0.4 is 0 Å². The van der Waals surface area contributed by atoms with Gasteiger partial charge in [-0.2, -0.15) is 0 Å². The highest BCUT2D eigenvalue weighted by atomic mass is 16.5. The molecule has 1 amide bonds. The normalized spacial score (nSPS) is 24.3. The summed E-state index contributed by atoms with van der Waals surface area (Å²) in [4.78, 5) is 17.5. The summed E-state index contributed by atoms with van der Waals surface area (Å²) in [6, 6.07) is 20.9. The molecule has 0 spiro atoms. The van der Waals surface area contributed by atoms with Gasteiger partial charge in [0, 0.05) is 26.2 Å². The van der Waals surface area contributed by atoms with Crippen molar-refractivity contribution in [3.8, 4) is 0 Å². The Balaban J connectivity index is 1.44. The number of nitrogens with zero attached hydrogens (tertiary/aromatic N) is 2. The summed E-state index contributed by atoms with van der Waals surface area (Å²) in [5.41, 5.74) is 2.39. The number of fused-ring (bicyclic) bond motifs is 1. The molecule has 136 valence electrons. The van der Waals surface area contributed by atoms with Crippen molar-refractivity contribution in [2.45, 2.75) is 31.5 Å². The second-order valence-corrected chi connectivity index (χ2v) is 7.31. The molecular formula is C22H26N2O2. The van der Waals surface area contributed by atoms with Crippen LogP contribution in [0.2, 0.25) is 0 Å². The maximum absolute atomic E-state index is 13.0. The van der Waals surface area contributed by atoms with Gasteiger partial charge >= 0.3 is 0 Å². The predicted molar refractivity (Wildman–Crippen MR) is 102 cm³/mol. The Kier molecular flexibility index (Phi) is 5.05. The average molecular weight is 350 g/mol. The zero-order valence-electron chi connectivity index (χ0n) is 15.3. The van der Waals surface area contributed by atoms with E-state index in [2.05, 4.69) is 29.2 Å². The zero-order valence-corrected chi connectivity index (χ0v) is 15.3. The molecule has 4 rings (SSSR count). The monoisotopic (exact) mass is 350 g/mol. The second kappa shape index (κ2) is 7.60. The molecule has 0 aliphatic carbocycles. The van der Waals surface area contributed by atoms with Crippen molar-refractivity contribution in [2.24, 2.45) is 0 Å². The molecule has 2 aromatic carbocycles. The Morgan fingerprint density at radius 1 is 1.08 bits per heavy atom. The third-order valence-electron chi connectivity index (χ3n) is 5.63. The lowest BCUT2D eigenvalue weighted by molar-refractivity contribution is -0.131. The van der Waals surface area contributed by atoms with E-state index in [4.69, 9.17) is 4.74 Å². The van der Waals surface area contributed by atoms with Gasteiger partial charge in [0.15, 0.2) is 0 Å². The second-order valence-electron chi connectivity index (χ2n) is 7.31. The lowest BCUT2D eigenvalue weighted by atomic mass is 10.00. The molecule has 4 nitrogen and oxygen atoms in total. The number of carbonyl (C=O) groups excluding carboxylic acids is 1. The number of hydrogen-bond acceptors (Lipinski definition) is 3. The fourth-order valence-corrected chi connectivity index (χ4v) is 4.11. The van der Waals surface area contributed by atoms with Gasteiger partial charge in [-0.1, -0.05) is 60.7 Å². The van der Waals surface area contributed by atoms with Crippen LogP contribution in [0, 0.1) is 0 Å². The Hall–Kier alpha value is -2.17. The third kappa shape index (κ3) is 3.53. The number of amides is 1. The number of benzene rings is 2. The first-order chi connectivity index (χ1) is 12.7. The molecule has 0 saturated carbocycles. The van der Waals surface area contributed by atoms with Gasteiger partial charge in [0.25, 0.3) is 0 Å². The molecular weight excluding hydrogens is 324 g/mol. The number of hydrogen-bond donors (Lipinski definition) is 0. The minimum Gasteiger partial charge on any atom is -0.373 e. The average Bonchev–Trinajstić information content (AvgIpc) is 3.14. The van der Waals surface area contributed by atoms with Crippen LogP contribution in [0.1, 0.15) is 24.0 Å². The molecule has 4 heteroatoms. The number of morpholine rings is 1. The van der Waals surface area contributed by atoms with Gasteiger partial charge in [-0.15, -0.1) is 0 Å². The molecule has 0 radical (unpaired) electrons. The van der Waals surface area contributed by atoms with Gasteiger partial charge < -0.3 is 9.64 Å². The van der Waals surface area contributed by atoms with E-state index in [9.17, 15) is 4.79 Å². The van der Waals surface area contributed by atoms with E-state index in [0.717, 1.165) is 31.8 Å². The Morgan fingerprint density at radius 2 is 1.77 bits per heavy atom. The highest BCUT2D eigenvalue weighted by Crippen LogP contribution is 2.27. The molecule has 3 atom stereocenters. The van der Waals surface area contributed by atoms with Gasteiger partial charge in [-0.3, -0.25) is 9.69 Å². The molecule has 0 bridgehead atoms. The van der Waals surface area contributed by atoms with Crippen LogP contribution in [-0.2, 0) is 16.1 Å². The van der Waals surface area contributed by atoms with Crippen LogP contribution in [-0.4, -0.2) is 54.1 Å². The molecule has 2 saturated heterocycles. The van der Waals surface area contributed by atoms with Crippen molar-refractivity contribution < 1.29 is 9.53 Å². The van der Waals surface area contributed by atoms with Crippen molar-refractivity contribution >= 4 is 5.91 Å². The Bertz CT molecular complexity index is 734. The summed E-state index contributed by atoms with van der Waals surface area (Å²) >= 11 is 0. The summed E-state index contributed by atoms with van der Waals surface area (Å²) in [5, 5.41) is 0. The van der Waals surface area contributed by atoms with Crippen LogP contribution >= 0.6 is 0 Å². The van der Waals surface area contributed by atoms with Crippen molar-refractivity contribution in [1.82, 2.24) is 9.80 Å². The number of ether oxygens (including phenoxy) is 1. The van der Waals surface area contributed by atoms with Crippen molar-refractivity contribution in [3.05, 3.63) is 71.8 Å². The Morgan fingerprint density at radius 3 is 2.50 bits per heavy atom. The van der Waals surface area contributed by atoms with Gasteiger partial charge in [-0.05, 0) is 18.1 Å². The predicted octanol–water partition coefficient (Wildman–Crippen LogP) is 2.90. The summed E-state index contributed by atoms with van der Waals surface area (Å²) in [6.45, 7) is 6.04. The molecule has 2 aliphatic rings. The van der Waals surface area contributed by atoms with E-state index >= 15 is 0 Å². The van der Waals surface area contributed by atoms with Gasteiger partial charge in [0.05, 0.1) is 24.7 Å². The molecule has 1 unspecified atom stereocenters. The fourth-order valence-electron chi connectivity index (χ4n) is 4.11. The van der Waals surface area contributed by atoms with E-state index in [1.54, 1.807) is 0 Å². The highest BCUT2D eigenvalue weighted by molar-refractivity contribution is 5.83. The van der Waals surface area contributed by atoms with E-state index < -0.39 is 0 Å². The lowest BCUT2D eigenvalue weighted by Crippen LogP contribution is -2.50. The quantitative estimate of drug-likeness (QED) is 0.850. The topological polar surface area (TPSA) is 32.8 Å². The molecule has 0 N–H and O–H groups in total. The van der Waals surface area contributed by atoms with Gasteiger partial charge in [0.2, 0.25) is 5.91 Å². The van der Waals surface area contributed by atoms with Crippen LogP contribution in [0.15, 0.2) is 60.7 Å². The summed E-state index contributed by atoms with van der Waals surface area (Å²) in [7, 11) is 0. The molecule has 2 aliphatic heterocycles. The fraction of sp³-hybridized carbons (Fsp3) is 0.409. The highest BCUT2D eigenvalue weighted by Gasteiger charge is 2.42. The number of carbonyl (C=O) groups is 1. The Labute approximate surface area is 155 Å². The number of likely N-dealkylation sites (tertiary alicyclic amines) is 1. The summed E-state index contributed by atoms with van der Waals surface area (Å²) in [6.07, 6.45) is 0.124. The third-order valence-corrected chi connectivity index (χ3v) is 5.63. The molecule has 0 aromatic heterocycles. The minimum atomic E-state index is -0.112. The van der Waals surface area contributed by atoms with E-state index in [1.807, 2.05) is 48.2 Å². The number of rotatable bonds is 4. The zero-order chi connectivity index (χ0) is 17.9. The first-order valence-electron chi connectivity index (χ1n) is 9.45. The van der Waals surface area contributed by atoms with E-state index in [0.29, 0.717) is 6.54 Å². The molecule has 2 fully saturated rings. The van der Waals surface area contributed by atoms with Gasteiger partial charge in [-0.25, -0.2) is 0 Å². The largest absolute Gasteiger partial charge is 0.373 e. The van der Waals surface area contributed by atoms with Crippen LogP contribution in [0.25, 0.3) is 0 Å². The summed E-state index contributed by atoms with van der Waals surface area (Å²) < 4.78 is 6.00. The molecule has 2 aromatic rings. The minimum absolute atomic E-state index is 0.112. The maximum atomic E-state index is 13.0. The smallest absolute Gasteiger partial charge is 0.229 e. The van der Waals surface area contributed by atoms with Crippen molar-refractivity contribution in [3.63, 3.8) is 0 Å². The van der Waals surface area contributed by atoms with Crippen LogP contribution in [0.4, 0.5) is 0 Å². The standard InChI is InChI=1S/C22H26N2O2/c1-17(19-10-6-3-7-11-19)22(25)24-15-20-21(16-24)26-13-12-23(20)14-18-8-4-2-5-9-18/h2-11,17,20-21H,12-16H2,1H3/t17?,20-,21+/m1/s1. The first-order valence-corrected chi connectivity index (χ1v) is 9.45. The van der Waals surface area contributed by atoms with Gasteiger partial charge in [0.1, 0.15) is 0 Å². The SMILES string of the molecule is CC(C(=O)N1C[C@@H]2OCCN(Cc3ccccc3)[C@@H]2C1)c1ccccc1. The van der Waals surface area contributed by atoms with Crippen LogP contribution in [0.5, 0.6) is 0 Å². The van der Waals surface area contributed by atoms with E-state index in [1.165, 1.54) is 5.56 Å². The lowest BCUT2D eigenvalue weighted by Gasteiger charge is -2.36. The van der Waals surface area contributed by atoms with Crippen molar-refractivity contribution in [2.75, 3.05) is 26.2 Å².